The molecular formula is C23H27F2NO3. The van der Waals surface area contributed by atoms with Gasteiger partial charge in [-0.05, 0) is 35.8 Å². The Balaban J connectivity index is 2.47. The number of rotatable bonds is 7. The highest BCUT2D eigenvalue weighted by molar-refractivity contribution is 5.70. The molecule has 2 aromatic rings. The lowest BCUT2D eigenvalue weighted by atomic mass is 9.87. The van der Waals surface area contributed by atoms with Crippen LogP contribution >= 0.6 is 0 Å². The number of ether oxygens (including phenoxy) is 2. The van der Waals surface area contributed by atoms with E-state index in [2.05, 4.69) is 4.98 Å². The predicted molar refractivity (Wildman–Crippen MR) is 108 cm³/mol. The molecule has 1 unspecified atom stereocenters. The summed E-state index contributed by atoms with van der Waals surface area (Å²) in [5.41, 5.74) is 0.149. The Morgan fingerprint density at radius 2 is 1.93 bits per heavy atom. The topological polar surface area (TPSA) is 48.4 Å². The molecule has 2 rings (SSSR count). The van der Waals surface area contributed by atoms with E-state index in [1.807, 2.05) is 34.6 Å². The van der Waals surface area contributed by atoms with Gasteiger partial charge in [-0.3, -0.25) is 9.78 Å². The van der Waals surface area contributed by atoms with Gasteiger partial charge in [0.15, 0.2) is 17.7 Å². The second-order valence-corrected chi connectivity index (χ2v) is 8.34. The molecule has 0 aliphatic carbocycles. The number of pyridine rings is 1. The van der Waals surface area contributed by atoms with E-state index in [9.17, 15) is 13.6 Å². The summed E-state index contributed by atoms with van der Waals surface area (Å²) < 4.78 is 39.1. The maximum absolute atomic E-state index is 14.2. The highest BCUT2D eigenvalue weighted by Crippen LogP contribution is 2.32. The van der Waals surface area contributed by atoms with Crippen LogP contribution in [0.2, 0.25) is 0 Å². The van der Waals surface area contributed by atoms with E-state index < -0.39 is 23.2 Å². The highest BCUT2D eigenvalue weighted by atomic mass is 19.1. The smallest absolute Gasteiger partial charge is 0.306 e. The zero-order valence-corrected chi connectivity index (χ0v) is 17.4. The summed E-state index contributed by atoms with van der Waals surface area (Å²) in [6.07, 6.45) is 4.34. The number of carbonyl (C=O) groups is 1. The lowest BCUT2D eigenvalue weighted by Crippen LogP contribution is -2.35. The number of esters is 1. The molecule has 4 nitrogen and oxygen atoms in total. The molecule has 1 aromatic carbocycles. The SMILES string of the molecule is CC(C)CC(=O)OC(/C(=C\c1cccnc1)Oc1ccc(F)cc1F)C(C)(C)C. The van der Waals surface area contributed by atoms with Crippen molar-refractivity contribution in [2.24, 2.45) is 11.3 Å². The quantitative estimate of drug-likeness (QED) is 0.434. The van der Waals surface area contributed by atoms with Crippen LogP contribution in [-0.2, 0) is 9.53 Å². The number of carbonyl (C=O) groups excluding carboxylic acids is 1. The average Bonchev–Trinajstić information content (AvgIpc) is 2.61. The summed E-state index contributed by atoms with van der Waals surface area (Å²) in [6, 6.07) is 6.61. The van der Waals surface area contributed by atoms with Crippen molar-refractivity contribution in [3.63, 3.8) is 0 Å². The average molecular weight is 403 g/mol. The normalized spacial score (nSPS) is 13.3. The maximum Gasteiger partial charge on any atom is 0.306 e. The summed E-state index contributed by atoms with van der Waals surface area (Å²) in [4.78, 5) is 16.5. The molecule has 0 saturated heterocycles. The van der Waals surface area contributed by atoms with Crippen molar-refractivity contribution in [3.8, 4) is 5.75 Å². The van der Waals surface area contributed by atoms with Crippen LogP contribution in [0.5, 0.6) is 5.75 Å². The number of hydrogen-bond donors (Lipinski definition) is 0. The van der Waals surface area contributed by atoms with Crippen LogP contribution in [0.25, 0.3) is 6.08 Å². The largest absolute Gasteiger partial charge is 0.455 e. The van der Waals surface area contributed by atoms with Gasteiger partial charge in [-0.15, -0.1) is 0 Å². The second-order valence-electron chi connectivity index (χ2n) is 8.34. The molecule has 0 fully saturated rings. The molecule has 29 heavy (non-hydrogen) atoms. The molecule has 1 heterocycles. The lowest BCUT2D eigenvalue weighted by molar-refractivity contribution is -0.154. The third-order valence-corrected chi connectivity index (χ3v) is 3.98. The van der Waals surface area contributed by atoms with Crippen LogP contribution in [0.1, 0.15) is 46.6 Å². The van der Waals surface area contributed by atoms with Crippen LogP contribution in [-0.4, -0.2) is 17.1 Å². The van der Waals surface area contributed by atoms with Crippen molar-refractivity contribution >= 4 is 12.0 Å². The van der Waals surface area contributed by atoms with Gasteiger partial charge in [-0.2, -0.15) is 0 Å². The van der Waals surface area contributed by atoms with E-state index in [-0.39, 0.29) is 29.8 Å². The molecule has 156 valence electrons. The summed E-state index contributed by atoms with van der Waals surface area (Å²) >= 11 is 0. The molecule has 1 atom stereocenters. The highest BCUT2D eigenvalue weighted by Gasteiger charge is 2.34. The van der Waals surface area contributed by atoms with Crippen LogP contribution in [0, 0.1) is 23.0 Å². The number of halogens is 2. The van der Waals surface area contributed by atoms with Gasteiger partial charge < -0.3 is 9.47 Å². The summed E-state index contributed by atoms with van der Waals surface area (Å²) in [5.74, 6) is -1.72. The first-order valence-electron chi connectivity index (χ1n) is 9.50. The monoisotopic (exact) mass is 403 g/mol. The van der Waals surface area contributed by atoms with Gasteiger partial charge in [0, 0.05) is 30.3 Å². The molecule has 0 amide bonds. The summed E-state index contributed by atoms with van der Waals surface area (Å²) in [7, 11) is 0. The van der Waals surface area contributed by atoms with Crippen molar-refractivity contribution < 1.29 is 23.0 Å². The van der Waals surface area contributed by atoms with Crippen LogP contribution in [0.3, 0.4) is 0 Å². The first kappa shape index (κ1) is 22.5. The van der Waals surface area contributed by atoms with Crippen LogP contribution < -0.4 is 4.74 Å². The summed E-state index contributed by atoms with van der Waals surface area (Å²) in [6.45, 7) is 9.51. The first-order chi connectivity index (χ1) is 13.6. The van der Waals surface area contributed by atoms with E-state index in [4.69, 9.17) is 9.47 Å². The van der Waals surface area contributed by atoms with Crippen molar-refractivity contribution in [1.29, 1.82) is 0 Å². The lowest BCUT2D eigenvalue weighted by Gasteiger charge is -2.32. The minimum Gasteiger partial charge on any atom is -0.455 e. The fraction of sp³-hybridized carbons (Fsp3) is 0.391. The number of aromatic nitrogens is 1. The van der Waals surface area contributed by atoms with Crippen molar-refractivity contribution in [2.75, 3.05) is 0 Å². The van der Waals surface area contributed by atoms with Crippen LogP contribution in [0.4, 0.5) is 8.78 Å². The molecule has 0 N–H and O–H groups in total. The van der Waals surface area contributed by atoms with E-state index in [1.54, 1.807) is 30.6 Å². The van der Waals surface area contributed by atoms with Crippen molar-refractivity contribution in [2.45, 2.75) is 47.1 Å². The van der Waals surface area contributed by atoms with Crippen molar-refractivity contribution in [3.05, 3.63) is 65.7 Å². The second kappa shape index (κ2) is 9.63. The number of benzene rings is 1. The molecule has 0 bridgehead atoms. The standard InChI is InChI=1S/C23H27F2NO3/c1-15(2)11-21(27)29-22(23(3,4)5)20(12-16-7-6-10-26-14-16)28-19-9-8-17(24)13-18(19)25/h6-10,12-15,22H,11H2,1-5H3/b20-12+. The fourth-order valence-electron chi connectivity index (χ4n) is 2.64. The Kier molecular flexibility index (Phi) is 7.48. The molecule has 6 heteroatoms. The Morgan fingerprint density at radius 1 is 1.21 bits per heavy atom. The molecule has 0 radical (unpaired) electrons. The van der Waals surface area contributed by atoms with Gasteiger partial charge in [0.1, 0.15) is 11.6 Å². The van der Waals surface area contributed by atoms with Gasteiger partial charge >= 0.3 is 5.97 Å². The van der Waals surface area contributed by atoms with E-state index in [0.717, 1.165) is 12.1 Å². The van der Waals surface area contributed by atoms with Gasteiger partial charge in [-0.25, -0.2) is 8.78 Å². The zero-order chi connectivity index (χ0) is 21.6. The van der Waals surface area contributed by atoms with Crippen molar-refractivity contribution in [1.82, 2.24) is 4.98 Å². The Bertz CT molecular complexity index is 858. The maximum atomic E-state index is 14.2. The first-order valence-corrected chi connectivity index (χ1v) is 9.50. The van der Waals surface area contributed by atoms with E-state index >= 15 is 0 Å². The third-order valence-electron chi connectivity index (χ3n) is 3.98. The van der Waals surface area contributed by atoms with Gasteiger partial charge in [0.05, 0.1) is 0 Å². The molecule has 0 spiro atoms. The Morgan fingerprint density at radius 3 is 2.48 bits per heavy atom. The number of hydrogen-bond acceptors (Lipinski definition) is 4. The fourth-order valence-corrected chi connectivity index (χ4v) is 2.64. The van der Waals surface area contributed by atoms with Crippen LogP contribution in [0.15, 0.2) is 48.5 Å². The minimum atomic E-state index is -0.844. The minimum absolute atomic E-state index is 0.129. The molecule has 1 aromatic heterocycles. The Labute approximate surface area is 170 Å². The molecule has 0 aliphatic rings. The third kappa shape index (κ3) is 6.97. The summed E-state index contributed by atoms with van der Waals surface area (Å²) in [5, 5.41) is 0. The molecule has 0 aliphatic heterocycles. The Hall–Kier alpha value is -2.76. The zero-order valence-electron chi connectivity index (χ0n) is 17.4. The molecule has 0 saturated carbocycles. The molecular weight excluding hydrogens is 376 g/mol. The van der Waals surface area contributed by atoms with Gasteiger partial charge in [-0.1, -0.05) is 40.7 Å². The van der Waals surface area contributed by atoms with Gasteiger partial charge in [0.2, 0.25) is 0 Å². The number of nitrogens with zero attached hydrogens (tertiary/aromatic N) is 1. The van der Waals surface area contributed by atoms with Gasteiger partial charge in [0.25, 0.3) is 0 Å². The van der Waals surface area contributed by atoms with E-state index in [1.165, 1.54) is 6.07 Å². The predicted octanol–water partition coefficient (Wildman–Crippen LogP) is 5.78. The van der Waals surface area contributed by atoms with E-state index in [0.29, 0.717) is 5.56 Å².